The van der Waals surface area contributed by atoms with Gasteiger partial charge in [-0.05, 0) is 48.9 Å². The van der Waals surface area contributed by atoms with E-state index < -0.39 is 23.9 Å². The van der Waals surface area contributed by atoms with Crippen molar-refractivity contribution >= 4 is 16.9 Å². The third kappa shape index (κ3) is 2.56. The summed E-state index contributed by atoms with van der Waals surface area (Å²) in [5.41, 5.74) is 3.83. The van der Waals surface area contributed by atoms with E-state index in [0.717, 1.165) is 29.4 Å². The molecule has 0 radical (unpaired) electrons. The summed E-state index contributed by atoms with van der Waals surface area (Å²) in [7, 11) is 0. The predicted molar refractivity (Wildman–Crippen MR) is 115 cm³/mol. The van der Waals surface area contributed by atoms with E-state index in [0.29, 0.717) is 34.5 Å². The summed E-state index contributed by atoms with van der Waals surface area (Å²) in [6.07, 6.45) is -0.595. The molecule has 0 saturated heterocycles. The summed E-state index contributed by atoms with van der Waals surface area (Å²) >= 11 is 0. The first kappa shape index (κ1) is 20.8. The SMILES string of the molecule is CC.Cc1c(F)cc2nc3c(c4c2c1CCC4)C(O)n1c-3cc2c(c1=O)COC(=O)C2O. The van der Waals surface area contributed by atoms with Crippen LogP contribution in [0.15, 0.2) is 16.9 Å². The molecule has 0 saturated carbocycles. The fourth-order valence-electron chi connectivity index (χ4n) is 5.13. The Morgan fingerprint density at radius 2 is 1.84 bits per heavy atom. The number of benzene rings is 1. The molecule has 1 aromatic carbocycles. The van der Waals surface area contributed by atoms with Crippen LogP contribution >= 0.6 is 0 Å². The van der Waals surface area contributed by atoms with Crippen molar-refractivity contribution in [3.63, 3.8) is 0 Å². The van der Waals surface area contributed by atoms with E-state index in [4.69, 9.17) is 4.74 Å². The van der Waals surface area contributed by atoms with Gasteiger partial charge in [0.1, 0.15) is 12.4 Å². The number of hydrogen-bond acceptors (Lipinski definition) is 6. The van der Waals surface area contributed by atoms with Crippen LogP contribution in [0.5, 0.6) is 0 Å². The number of nitrogens with zero attached hydrogens (tertiary/aromatic N) is 2. The number of pyridine rings is 2. The Hall–Kier alpha value is -3.10. The van der Waals surface area contributed by atoms with E-state index in [1.807, 2.05) is 13.8 Å². The van der Waals surface area contributed by atoms with Gasteiger partial charge in [-0.25, -0.2) is 14.2 Å². The number of aromatic nitrogens is 2. The molecule has 3 aliphatic rings. The lowest BCUT2D eigenvalue weighted by Gasteiger charge is -2.23. The molecule has 166 valence electrons. The van der Waals surface area contributed by atoms with Crippen molar-refractivity contribution in [3.8, 4) is 11.4 Å². The Kier molecular flexibility index (Phi) is 4.69. The fraction of sp³-hybridized carbons (Fsp3) is 0.375. The number of esters is 1. The largest absolute Gasteiger partial charge is 0.458 e. The van der Waals surface area contributed by atoms with E-state index in [9.17, 15) is 24.2 Å². The lowest BCUT2D eigenvalue weighted by Crippen LogP contribution is -2.33. The minimum absolute atomic E-state index is 0.137. The van der Waals surface area contributed by atoms with Crippen molar-refractivity contribution in [1.29, 1.82) is 0 Å². The van der Waals surface area contributed by atoms with Crippen LogP contribution in [-0.2, 0) is 29.0 Å². The molecular formula is C24H23FN2O5. The number of aryl methyl sites for hydroxylation is 2. The number of aliphatic hydroxyl groups excluding tert-OH is 2. The number of ether oxygens (including phenoxy) is 1. The highest BCUT2D eigenvalue weighted by molar-refractivity contribution is 5.92. The molecule has 4 heterocycles. The van der Waals surface area contributed by atoms with Crippen LogP contribution < -0.4 is 5.56 Å². The second kappa shape index (κ2) is 7.21. The number of halogens is 1. The zero-order valence-electron chi connectivity index (χ0n) is 18.0. The Morgan fingerprint density at radius 3 is 2.59 bits per heavy atom. The summed E-state index contributed by atoms with van der Waals surface area (Å²) in [6.45, 7) is 5.48. The standard InChI is InChI=1S/C22H17FN2O5.C2H6/c1-8-9-3-2-4-10-16(9)14(6-13(8)23)24-18-15-5-11-12(7-30-22(29)19(11)26)20(27)25(15)21(28)17(10)18;1-2/h5-6,19,21,26,28H,2-4,7H2,1H3;1-2H3. The third-order valence-electron chi connectivity index (χ3n) is 6.60. The van der Waals surface area contributed by atoms with Crippen LogP contribution in [0.2, 0.25) is 0 Å². The van der Waals surface area contributed by atoms with Crippen LogP contribution in [0.4, 0.5) is 4.39 Å². The zero-order valence-corrected chi connectivity index (χ0v) is 18.0. The number of carbonyl (C=O) groups excluding carboxylic acids is 1. The number of aliphatic hydroxyl groups is 2. The number of rotatable bonds is 0. The molecular weight excluding hydrogens is 415 g/mol. The number of hydrogen-bond donors (Lipinski definition) is 2. The molecule has 32 heavy (non-hydrogen) atoms. The lowest BCUT2D eigenvalue weighted by atomic mass is 9.84. The van der Waals surface area contributed by atoms with Crippen LogP contribution in [0.3, 0.4) is 0 Å². The quantitative estimate of drug-likeness (QED) is 0.524. The zero-order chi connectivity index (χ0) is 22.9. The first-order chi connectivity index (χ1) is 15.4. The van der Waals surface area contributed by atoms with Crippen molar-refractivity contribution in [2.75, 3.05) is 0 Å². The Balaban J connectivity index is 0.00000105. The van der Waals surface area contributed by atoms with Crippen LogP contribution in [-0.4, -0.2) is 25.7 Å². The molecule has 1 aliphatic carbocycles. The van der Waals surface area contributed by atoms with E-state index in [1.54, 1.807) is 6.92 Å². The molecule has 0 bridgehead atoms. The van der Waals surface area contributed by atoms with Crippen LogP contribution in [0.1, 0.15) is 66.0 Å². The summed E-state index contributed by atoms with van der Waals surface area (Å²) in [5, 5.41) is 22.2. The Bertz CT molecular complexity index is 1380. The lowest BCUT2D eigenvalue weighted by molar-refractivity contribution is -0.157. The first-order valence-electron chi connectivity index (χ1n) is 10.8. The van der Waals surface area contributed by atoms with Gasteiger partial charge >= 0.3 is 5.97 Å². The molecule has 2 unspecified atom stereocenters. The van der Waals surface area contributed by atoms with Gasteiger partial charge in [0.2, 0.25) is 0 Å². The Labute approximate surface area is 183 Å². The summed E-state index contributed by atoms with van der Waals surface area (Å²) in [6, 6.07) is 2.90. The maximum atomic E-state index is 14.5. The monoisotopic (exact) mass is 438 g/mol. The van der Waals surface area contributed by atoms with Crippen molar-refractivity contribution in [2.45, 2.75) is 59.0 Å². The topological polar surface area (TPSA) is 102 Å². The van der Waals surface area contributed by atoms with Gasteiger partial charge in [-0.1, -0.05) is 13.8 Å². The molecule has 0 spiro atoms. The highest BCUT2D eigenvalue weighted by Gasteiger charge is 2.39. The van der Waals surface area contributed by atoms with E-state index in [1.165, 1.54) is 16.7 Å². The molecule has 6 rings (SSSR count). The molecule has 2 aromatic heterocycles. The molecule has 2 N–H and O–H groups in total. The van der Waals surface area contributed by atoms with Gasteiger partial charge in [0.15, 0.2) is 12.3 Å². The van der Waals surface area contributed by atoms with E-state index in [-0.39, 0.29) is 23.6 Å². The molecule has 2 aliphatic heterocycles. The van der Waals surface area contributed by atoms with Gasteiger partial charge in [0.25, 0.3) is 5.56 Å². The van der Waals surface area contributed by atoms with Crippen LogP contribution in [0, 0.1) is 12.7 Å². The summed E-state index contributed by atoms with van der Waals surface area (Å²) in [5.74, 6) is -1.16. The average Bonchev–Trinajstić information content (AvgIpc) is 3.08. The smallest absolute Gasteiger partial charge is 0.340 e. The number of fused-ring (bicyclic) bond motifs is 5. The minimum atomic E-state index is -1.57. The molecule has 2 atom stereocenters. The minimum Gasteiger partial charge on any atom is -0.458 e. The first-order valence-corrected chi connectivity index (χ1v) is 10.8. The van der Waals surface area contributed by atoms with Gasteiger partial charge < -0.3 is 14.9 Å². The maximum Gasteiger partial charge on any atom is 0.340 e. The summed E-state index contributed by atoms with van der Waals surface area (Å²) < 4.78 is 20.6. The van der Waals surface area contributed by atoms with Gasteiger partial charge in [-0.15, -0.1) is 0 Å². The molecule has 0 fully saturated rings. The Morgan fingerprint density at radius 1 is 1.12 bits per heavy atom. The van der Waals surface area contributed by atoms with E-state index >= 15 is 0 Å². The van der Waals surface area contributed by atoms with Crippen molar-refractivity contribution in [1.82, 2.24) is 9.55 Å². The van der Waals surface area contributed by atoms with Crippen molar-refractivity contribution in [2.24, 2.45) is 0 Å². The molecule has 8 heteroatoms. The van der Waals surface area contributed by atoms with Gasteiger partial charge in [0.05, 0.1) is 22.5 Å². The predicted octanol–water partition coefficient (Wildman–Crippen LogP) is 2.97. The number of carbonyl (C=O) groups is 1. The normalized spacial score (nSPS) is 20.1. The highest BCUT2D eigenvalue weighted by atomic mass is 19.1. The maximum absolute atomic E-state index is 14.5. The molecule has 0 amide bonds. The summed E-state index contributed by atoms with van der Waals surface area (Å²) in [4.78, 5) is 29.5. The number of cyclic esters (lactones) is 1. The van der Waals surface area contributed by atoms with Gasteiger partial charge in [-0.3, -0.25) is 9.36 Å². The fourth-order valence-corrected chi connectivity index (χ4v) is 5.13. The molecule has 3 aromatic rings. The second-order valence-electron chi connectivity index (χ2n) is 8.08. The average molecular weight is 438 g/mol. The van der Waals surface area contributed by atoms with E-state index in [2.05, 4.69) is 4.98 Å². The van der Waals surface area contributed by atoms with Crippen LogP contribution in [0.25, 0.3) is 22.3 Å². The van der Waals surface area contributed by atoms with Crippen molar-refractivity contribution < 1.29 is 24.1 Å². The second-order valence-corrected chi connectivity index (χ2v) is 8.08. The highest BCUT2D eigenvalue weighted by Crippen LogP contribution is 2.45. The molecule has 7 nitrogen and oxygen atoms in total. The van der Waals surface area contributed by atoms with Gasteiger partial charge in [-0.2, -0.15) is 0 Å². The van der Waals surface area contributed by atoms with Crippen molar-refractivity contribution in [3.05, 3.63) is 61.7 Å². The van der Waals surface area contributed by atoms with Gasteiger partial charge in [0, 0.05) is 22.6 Å². The third-order valence-corrected chi connectivity index (χ3v) is 6.60.